The topological polar surface area (TPSA) is 12.0 Å². The van der Waals surface area contributed by atoms with Crippen molar-refractivity contribution >= 4 is 17.2 Å². The van der Waals surface area contributed by atoms with Crippen LogP contribution in [0.2, 0.25) is 0 Å². The minimum atomic E-state index is 0.432. The second-order valence-corrected chi connectivity index (χ2v) is 5.62. The van der Waals surface area contributed by atoms with Crippen molar-refractivity contribution in [3.8, 4) is 0 Å². The fourth-order valence-electron chi connectivity index (χ4n) is 2.63. The van der Waals surface area contributed by atoms with Gasteiger partial charge in [0.25, 0.3) is 0 Å². The van der Waals surface area contributed by atoms with Gasteiger partial charge in [0.05, 0.1) is 4.99 Å². The zero-order valence-electron chi connectivity index (χ0n) is 10.8. The first kappa shape index (κ1) is 13.3. The first-order chi connectivity index (χ1) is 8.70. The van der Waals surface area contributed by atoms with Gasteiger partial charge in [-0.2, -0.15) is 0 Å². The quantitative estimate of drug-likeness (QED) is 0.599. The largest absolute Gasteiger partial charge is 0.350 e. The third-order valence-corrected chi connectivity index (χ3v) is 3.98. The zero-order chi connectivity index (χ0) is 13.0. The smallest absolute Gasteiger partial charge is 0.0803 e. The summed E-state index contributed by atoms with van der Waals surface area (Å²) in [6.07, 6.45) is 14.2. The van der Waals surface area contributed by atoms with Crippen LogP contribution in [0, 0.1) is 11.8 Å². The van der Waals surface area contributed by atoms with Gasteiger partial charge >= 0.3 is 0 Å². The van der Waals surface area contributed by atoms with Gasteiger partial charge in [-0.05, 0) is 43.1 Å². The summed E-state index contributed by atoms with van der Waals surface area (Å²) in [6.45, 7) is 8.06. The van der Waals surface area contributed by atoms with E-state index >= 15 is 0 Å². The van der Waals surface area contributed by atoms with Crippen molar-refractivity contribution in [2.45, 2.75) is 32.1 Å². The highest BCUT2D eigenvalue weighted by Gasteiger charge is 2.23. The summed E-state index contributed by atoms with van der Waals surface area (Å²) >= 11 is 5.35. The maximum Gasteiger partial charge on any atom is 0.0803 e. The third kappa shape index (κ3) is 3.20. The molecule has 0 radical (unpaired) electrons. The molecule has 0 spiro atoms. The molecule has 1 heterocycles. The molecule has 1 N–H and O–H groups in total. The third-order valence-electron chi connectivity index (χ3n) is 3.71. The summed E-state index contributed by atoms with van der Waals surface area (Å²) in [7, 11) is 0. The van der Waals surface area contributed by atoms with Crippen LogP contribution in [0.5, 0.6) is 0 Å². The van der Waals surface area contributed by atoms with Gasteiger partial charge in [-0.15, -0.1) is 6.58 Å². The van der Waals surface area contributed by atoms with E-state index in [1.807, 2.05) is 6.08 Å². The van der Waals surface area contributed by atoms with Crippen LogP contribution in [0.15, 0.2) is 48.7 Å². The summed E-state index contributed by atoms with van der Waals surface area (Å²) in [5, 5.41) is 3.34. The first-order valence-electron chi connectivity index (χ1n) is 6.67. The van der Waals surface area contributed by atoms with Crippen LogP contribution < -0.4 is 5.32 Å². The van der Waals surface area contributed by atoms with Gasteiger partial charge < -0.3 is 5.32 Å². The van der Waals surface area contributed by atoms with Crippen molar-refractivity contribution in [2.75, 3.05) is 0 Å². The van der Waals surface area contributed by atoms with Gasteiger partial charge in [0, 0.05) is 12.1 Å². The molecule has 1 aliphatic heterocycles. The SMILES string of the molecule is C=CCC1CC(=S)N/C(=C\C2CC=CCC2)C1=C. The number of hydrogen-bond donors (Lipinski definition) is 1. The van der Waals surface area contributed by atoms with Crippen molar-refractivity contribution in [3.05, 3.63) is 48.7 Å². The molecule has 96 valence electrons. The summed E-state index contributed by atoms with van der Waals surface area (Å²) in [6, 6.07) is 0. The van der Waals surface area contributed by atoms with Gasteiger partial charge in [-0.25, -0.2) is 0 Å². The molecule has 1 aliphatic carbocycles. The van der Waals surface area contributed by atoms with E-state index in [9.17, 15) is 0 Å². The van der Waals surface area contributed by atoms with Crippen molar-refractivity contribution in [1.29, 1.82) is 0 Å². The lowest BCUT2D eigenvalue weighted by Crippen LogP contribution is -2.32. The molecule has 2 aliphatic rings. The Morgan fingerprint density at radius 3 is 2.94 bits per heavy atom. The maximum absolute atomic E-state index is 5.35. The molecule has 0 aromatic rings. The van der Waals surface area contributed by atoms with Crippen LogP contribution in [-0.4, -0.2) is 4.99 Å². The molecule has 2 atom stereocenters. The standard InChI is InChI=1S/C16H21NS/c1-3-7-14-11-16(18)17-15(12(14)2)10-13-8-5-4-6-9-13/h3-5,10,13-14H,1-2,6-9,11H2,(H,17,18)/b15-10-. The van der Waals surface area contributed by atoms with E-state index < -0.39 is 0 Å². The van der Waals surface area contributed by atoms with E-state index in [0.29, 0.717) is 11.8 Å². The van der Waals surface area contributed by atoms with Gasteiger partial charge in [-0.1, -0.05) is 43.1 Å². The molecule has 2 rings (SSSR count). The number of hydrogen-bond acceptors (Lipinski definition) is 1. The molecule has 0 aromatic heterocycles. The predicted octanol–water partition coefficient (Wildman–Crippen LogP) is 4.30. The highest BCUT2D eigenvalue weighted by molar-refractivity contribution is 7.80. The molecular weight excluding hydrogens is 238 g/mol. The van der Waals surface area contributed by atoms with E-state index in [-0.39, 0.29) is 0 Å². The predicted molar refractivity (Wildman–Crippen MR) is 82.4 cm³/mol. The molecule has 18 heavy (non-hydrogen) atoms. The molecule has 1 nitrogen and oxygen atoms in total. The molecule has 0 bridgehead atoms. The number of allylic oxidation sites excluding steroid dienone is 5. The van der Waals surface area contributed by atoms with Crippen molar-refractivity contribution in [1.82, 2.24) is 5.32 Å². The molecule has 1 fully saturated rings. The second kappa shape index (κ2) is 6.14. The Kier molecular flexibility index (Phi) is 4.54. The summed E-state index contributed by atoms with van der Waals surface area (Å²) in [5.74, 6) is 1.06. The number of nitrogens with one attached hydrogen (secondary N) is 1. The van der Waals surface area contributed by atoms with E-state index in [1.165, 1.54) is 18.4 Å². The van der Waals surface area contributed by atoms with Gasteiger partial charge in [0.2, 0.25) is 0 Å². The summed E-state index contributed by atoms with van der Waals surface area (Å²) < 4.78 is 0. The Labute approximate surface area is 115 Å². The molecule has 2 unspecified atom stereocenters. The average molecular weight is 259 g/mol. The lowest BCUT2D eigenvalue weighted by atomic mass is 9.85. The normalized spacial score (nSPS) is 30.3. The van der Waals surface area contributed by atoms with Crippen molar-refractivity contribution < 1.29 is 0 Å². The van der Waals surface area contributed by atoms with E-state index in [0.717, 1.165) is 29.9 Å². The lowest BCUT2D eigenvalue weighted by Gasteiger charge is -2.29. The van der Waals surface area contributed by atoms with Crippen LogP contribution in [0.3, 0.4) is 0 Å². The number of piperidine rings is 1. The Balaban J connectivity index is 2.12. The van der Waals surface area contributed by atoms with Gasteiger partial charge in [0.15, 0.2) is 0 Å². The second-order valence-electron chi connectivity index (χ2n) is 5.12. The molecular formula is C16H21NS. The van der Waals surface area contributed by atoms with Crippen LogP contribution in [0.25, 0.3) is 0 Å². The van der Waals surface area contributed by atoms with Crippen molar-refractivity contribution in [2.24, 2.45) is 11.8 Å². The minimum absolute atomic E-state index is 0.432. The monoisotopic (exact) mass is 259 g/mol. The van der Waals surface area contributed by atoms with E-state index in [1.54, 1.807) is 0 Å². The molecule has 0 saturated carbocycles. The van der Waals surface area contributed by atoms with Crippen LogP contribution in [0.4, 0.5) is 0 Å². The fourth-order valence-corrected chi connectivity index (χ4v) is 2.94. The molecule has 0 amide bonds. The highest BCUT2D eigenvalue weighted by Crippen LogP contribution is 2.31. The van der Waals surface area contributed by atoms with Gasteiger partial charge in [0.1, 0.15) is 0 Å². The van der Waals surface area contributed by atoms with Crippen LogP contribution in [-0.2, 0) is 0 Å². The minimum Gasteiger partial charge on any atom is -0.350 e. The van der Waals surface area contributed by atoms with E-state index in [4.69, 9.17) is 12.2 Å². The highest BCUT2D eigenvalue weighted by atomic mass is 32.1. The molecule has 1 saturated heterocycles. The Hall–Kier alpha value is -1.15. The average Bonchev–Trinajstić information content (AvgIpc) is 2.36. The number of rotatable bonds is 3. The van der Waals surface area contributed by atoms with Crippen molar-refractivity contribution in [3.63, 3.8) is 0 Å². The fraction of sp³-hybridized carbons (Fsp3) is 0.438. The van der Waals surface area contributed by atoms with Crippen LogP contribution in [0.1, 0.15) is 32.1 Å². The van der Waals surface area contributed by atoms with Gasteiger partial charge in [-0.3, -0.25) is 0 Å². The Morgan fingerprint density at radius 2 is 2.28 bits per heavy atom. The Bertz CT molecular complexity index is 417. The zero-order valence-corrected chi connectivity index (χ0v) is 11.6. The summed E-state index contributed by atoms with van der Waals surface area (Å²) in [4.78, 5) is 0.937. The summed E-state index contributed by atoms with van der Waals surface area (Å²) in [5.41, 5.74) is 2.34. The molecule has 2 heteroatoms. The molecule has 0 aromatic carbocycles. The van der Waals surface area contributed by atoms with E-state index in [2.05, 4.69) is 36.7 Å². The van der Waals surface area contributed by atoms with Crippen LogP contribution >= 0.6 is 12.2 Å². The number of thiocarbonyl (C=S) groups is 1. The first-order valence-corrected chi connectivity index (χ1v) is 7.08. The Morgan fingerprint density at radius 1 is 1.44 bits per heavy atom. The lowest BCUT2D eigenvalue weighted by molar-refractivity contribution is 0.569. The maximum atomic E-state index is 5.35.